The lowest BCUT2D eigenvalue weighted by Gasteiger charge is -2.29. The van der Waals surface area contributed by atoms with Crippen LogP contribution < -0.4 is 4.90 Å². The van der Waals surface area contributed by atoms with Crippen molar-refractivity contribution in [1.29, 1.82) is 0 Å². The molecule has 0 saturated heterocycles. The molecule has 0 spiro atoms. The second-order valence-corrected chi connectivity index (χ2v) is 15.3. The lowest BCUT2D eigenvalue weighted by molar-refractivity contribution is 0.660. The highest BCUT2D eigenvalue weighted by Crippen LogP contribution is 2.51. The largest absolute Gasteiger partial charge is 0.456 e. The monoisotopic (exact) mass is 703 g/mol. The normalized spacial score (nSPS) is 13.1. The minimum absolute atomic E-state index is 0.0679. The van der Waals surface area contributed by atoms with Crippen LogP contribution in [0.25, 0.3) is 76.9 Å². The number of benzene rings is 9. The average Bonchev–Trinajstić information content (AvgIpc) is 3.73. The Labute approximate surface area is 320 Å². The minimum atomic E-state index is -0.0679. The summed E-state index contributed by atoms with van der Waals surface area (Å²) in [6, 6.07) is 68.5. The zero-order valence-corrected chi connectivity index (χ0v) is 30.8. The van der Waals surface area contributed by atoms with Gasteiger partial charge in [-0.15, -0.1) is 0 Å². The van der Waals surface area contributed by atoms with Crippen LogP contribution in [0.4, 0.5) is 17.1 Å². The molecule has 55 heavy (non-hydrogen) atoms. The molecule has 1 aliphatic carbocycles. The van der Waals surface area contributed by atoms with Crippen LogP contribution in [0.5, 0.6) is 0 Å². The Bertz CT molecular complexity index is 3120. The maximum absolute atomic E-state index is 6.45. The highest BCUT2D eigenvalue weighted by Gasteiger charge is 2.35. The van der Waals surface area contributed by atoms with Gasteiger partial charge >= 0.3 is 0 Å². The second-order valence-electron chi connectivity index (χ2n) is 15.3. The van der Waals surface area contributed by atoms with Crippen LogP contribution in [-0.2, 0) is 5.41 Å². The van der Waals surface area contributed by atoms with Crippen LogP contribution in [0.1, 0.15) is 25.0 Å². The number of anilines is 3. The number of rotatable bonds is 5. The van der Waals surface area contributed by atoms with Crippen molar-refractivity contribution in [3.05, 3.63) is 199 Å². The van der Waals surface area contributed by atoms with E-state index in [9.17, 15) is 0 Å². The van der Waals surface area contributed by atoms with Gasteiger partial charge in [-0.2, -0.15) is 0 Å². The SMILES string of the molecule is CC1(C)c2ccccc2-c2cc(N(c3ccc(-c4cc5oc6ccccc6c5c5ccccc45)cc3)c3ccccc3-c3cccc4ccccc34)ccc21. The molecular weight excluding hydrogens is 667 g/mol. The fourth-order valence-corrected chi connectivity index (χ4v) is 9.25. The van der Waals surface area contributed by atoms with Gasteiger partial charge in [0.1, 0.15) is 11.2 Å². The van der Waals surface area contributed by atoms with Gasteiger partial charge < -0.3 is 9.32 Å². The molecule has 0 fully saturated rings. The summed E-state index contributed by atoms with van der Waals surface area (Å²) in [7, 11) is 0. The first-order valence-electron chi connectivity index (χ1n) is 19.1. The molecule has 0 aliphatic heterocycles. The molecule has 0 bridgehead atoms. The topological polar surface area (TPSA) is 16.4 Å². The first kappa shape index (κ1) is 31.6. The second kappa shape index (κ2) is 12.1. The van der Waals surface area contributed by atoms with Crippen LogP contribution in [0.15, 0.2) is 192 Å². The molecule has 1 aliphatic rings. The van der Waals surface area contributed by atoms with Gasteiger partial charge in [0.05, 0.1) is 5.69 Å². The maximum atomic E-state index is 6.45. The van der Waals surface area contributed by atoms with Crippen molar-refractivity contribution in [2.45, 2.75) is 19.3 Å². The molecular formula is C53H37NO. The van der Waals surface area contributed by atoms with Crippen LogP contribution in [0.3, 0.4) is 0 Å². The zero-order chi connectivity index (χ0) is 36.7. The van der Waals surface area contributed by atoms with Crippen molar-refractivity contribution in [1.82, 2.24) is 0 Å². The molecule has 1 heterocycles. The fourth-order valence-electron chi connectivity index (χ4n) is 9.25. The van der Waals surface area contributed by atoms with E-state index < -0.39 is 0 Å². The van der Waals surface area contributed by atoms with Gasteiger partial charge in [0.25, 0.3) is 0 Å². The fraction of sp³-hybridized carbons (Fsp3) is 0.0566. The van der Waals surface area contributed by atoms with Crippen molar-refractivity contribution >= 4 is 60.5 Å². The molecule has 9 aromatic carbocycles. The van der Waals surface area contributed by atoms with E-state index in [2.05, 4.69) is 201 Å². The van der Waals surface area contributed by atoms with Crippen LogP contribution in [-0.4, -0.2) is 0 Å². The molecule has 11 rings (SSSR count). The third-order valence-corrected chi connectivity index (χ3v) is 11.9. The third kappa shape index (κ3) is 4.81. The van der Waals surface area contributed by atoms with Gasteiger partial charge in [0.2, 0.25) is 0 Å². The van der Waals surface area contributed by atoms with E-state index >= 15 is 0 Å². The molecule has 2 heteroatoms. The smallest absolute Gasteiger partial charge is 0.136 e. The Hall–Kier alpha value is -6.90. The average molecular weight is 704 g/mol. The predicted molar refractivity (Wildman–Crippen MR) is 232 cm³/mol. The van der Waals surface area contributed by atoms with Gasteiger partial charge in [-0.3, -0.25) is 0 Å². The number of fused-ring (bicyclic) bond motifs is 9. The molecule has 2 nitrogen and oxygen atoms in total. The predicted octanol–water partition coefficient (Wildman–Crippen LogP) is 15.0. The van der Waals surface area contributed by atoms with Gasteiger partial charge in [-0.05, 0) is 103 Å². The van der Waals surface area contributed by atoms with E-state index in [0.29, 0.717) is 0 Å². The van der Waals surface area contributed by atoms with Crippen molar-refractivity contribution in [3.63, 3.8) is 0 Å². The summed E-state index contributed by atoms with van der Waals surface area (Å²) in [6.45, 7) is 4.69. The summed E-state index contributed by atoms with van der Waals surface area (Å²) < 4.78 is 6.45. The first-order chi connectivity index (χ1) is 27.0. The van der Waals surface area contributed by atoms with Crippen LogP contribution in [0.2, 0.25) is 0 Å². The van der Waals surface area contributed by atoms with E-state index in [-0.39, 0.29) is 5.41 Å². The van der Waals surface area contributed by atoms with Crippen molar-refractivity contribution in [2.75, 3.05) is 4.90 Å². The summed E-state index contributed by atoms with van der Waals surface area (Å²) in [5.41, 5.74) is 15.2. The number of nitrogens with zero attached hydrogens (tertiary/aromatic N) is 1. The van der Waals surface area contributed by atoms with Crippen molar-refractivity contribution in [2.24, 2.45) is 0 Å². The third-order valence-electron chi connectivity index (χ3n) is 11.9. The summed E-state index contributed by atoms with van der Waals surface area (Å²) in [5, 5.41) is 7.21. The van der Waals surface area contributed by atoms with E-state index in [1.54, 1.807) is 0 Å². The number of para-hydroxylation sites is 2. The lowest BCUT2D eigenvalue weighted by atomic mass is 9.82. The molecule has 0 radical (unpaired) electrons. The van der Waals surface area contributed by atoms with E-state index in [0.717, 1.165) is 44.7 Å². The van der Waals surface area contributed by atoms with Gasteiger partial charge in [0, 0.05) is 33.1 Å². The van der Waals surface area contributed by atoms with E-state index in [4.69, 9.17) is 4.42 Å². The highest BCUT2D eigenvalue weighted by molar-refractivity contribution is 6.22. The molecule has 0 unspecified atom stereocenters. The van der Waals surface area contributed by atoms with Crippen LogP contribution in [0, 0.1) is 0 Å². The number of hydrogen-bond donors (Lipinski definition) is 0. The van der Waals surface area contributed by atoms with Crippen molar-refractivity contribution in [3.8, 4) is 33.4 Å². The molecule has 0 atom stereocenters. The molecule has 0 N–H and O–H groups in total. The minimum Gasteiger partial charge on any atom is -0.456 e. The Balaban J connectivity index is 1.11. The molecule has 0 amide bonds. The lowest BCUT2D eigenvalue weighted by Crippen LogP contribution is -2.15. The summed E-state index contributed by atoms with van der Waals surface area (Å²) >= 11 is 0. The Morgan fingerprint density at radius 2 is 1.02 bits per heavy atom. The van der Waals surface area contributed by atoms with Crippen molar-refractivity contribution < 1.29 is 4.42 Å². The summed E-state index contributed by atoms with van der Waals surface area (Å²) in [6.07, 6.45) is 0. The quantitative estimate of drug-likeness (QED) is 0.177. The zero-order valence-electron chi connectivity index (χ0n) is 30.8. The molecule has 0 saturated carbocycles. The molecule has 10 aromatic rings. The Kier molecular flexibility index (Phi) is 6.93. The summed E-state index contributed by atoms with van der Waals surface area (Å²) in [5.74, 6) is 0. The number of furan rings is 1. The summed E-state index contributed by atoms with van der Waals surface area (Å²) in [4.78, 5) is 2.44. The van der Waals surface area contributed by atoms with Gasteiger partial charge in [0.15, 0.2) is 0 Å². The maximum Gasteiger partial charge on any atom is 0.136 e. The first-order valence-corrected chi connectivity index (χ1v) is 19.1. The van der Waals surface area contributed by atoms with E-state index in [1.807, 2.05) is 6.07 Å². The molecule has 1 aromatic heterocycles. The van der Waals surface area contributed by atoms with Gasteiger partial charge in [-0.1, -0.05) is 159 Å². The molecule has 260 valence electrons. The van der Waals surface area contributed by atoms with Crippen LogP contribution >= 0.6 is 0 Å². The Morgan fingerprint density at radius 3 is 1.87 bits per heavy atom. The number of hydrogen-bond acceptors (Lipinski definition) is 2. The van der Waals surface area contributed by atoms with Gasteiger partial charge in [-0.25, -0.2) is 0 Å². The standard InChI is InChI=1S/C53H37NO/c1-53(2)47-23-10-7-18-41(47)46-32-37(30-31-48(46)53)54(49-24-11-8-19-42(49)39-22-13-15-34-14-3-4-16-38(34)39)36-28-26-35(27-29-36)45-33-51-52(43-20-6-5-17-40(43)45)44-21-9-12-25-50(44)55-51/h3-33H,1-2H3. The Morgan fingerprint density at radius 1 is 0.400 bits per heavy atom. The van der Waals surface area contributed by atoms with E-state index in [1.165, 1.54) is 60.3 Å². The highest BCUT2D eigenvalue weighted by atomic mass is 16.3.